The fraction of sp³-hybridized carbons (Fsp3) is 0.250. The van der Waals surface area contributed by atoms with Crippen LogP contribution in [-0.2, 0) is 12.1 Å². The van der Waals surface area contributed by atoms with Gasteiger partial charge in [-0.25, -0.2) is 4.98 Å². The Hall–Kier alpha value is -1.88. The summed E-state index contributed by atoms with van der Waals surface area (Å²) in [5.74, 6) is 0.845. The molecule has 1 N–H and O–H groups in total. The highest BCUT2D eigenvalue weighted by Crippen LogP contribution is 2.32. The van der Waals surface area contributed by atoms with Gasteiger partial charge in [0.2, 0.25) is 0 Å². The highest BCUT2D eigenvalue weighted by molar-refractivity contribution is 7.13. The van der Waals surface area contributed by atoms with Crippen LogP contribution in [0.2, 0.25) is 5.02 Å². The van der Waals surface area contributed by atoms with Gasteiger partial charge in [-0.05, 0) is 43.7 Å². The second-order valence-corrected chi connectivity index (χ2v) is 7.62. The zero-order valence-electron chi connectivity index (χ0n) is 14.5. The third-order valence-corrected chi connectivity index (χ3v) is 5.34. The molecule has 0 aliphatic carbocycles. The summed E-state index contributed by atoms with van der Waals surface area (Å²) in [7, 11) is 1.68. The first-order valence-electron chi connectivity index (χ1n) is 8.08. The monoisotopic (exact) mass is 372 g/mol. The normalized spacial score (nSPS) is 11.5. The number of ether oxygens (including phenoxy) is 1. The van der Waals surface area contributed by atoms with Crippen molar-refractivity contribution in [2.24, 2.45) is 0 Å². The number of hydrogen-bond donors (Lipinski definition) is 1. The van der Waals surface area contributed by atoms with Crippen LogP contribution in [0.4, 0.5) is 0 Å². The molecule has 25 heavy (non-hydrogen) atoms. The summed E-state index contributed by atoms with van der Waals surface area (Å²) >= 11 is 7.61. The number of methoxy groups -OCH3 is 1. The molecule has 0 radical (unpaired) electrons. The van der Waals surface area contributed by atoms with Crippen LogP contribution in [0.1, 0.15) is 25.1 Å². The molecule has 0 saturated carbocycles. The van der Waals surface area contributed by atoms with E-state index in [2.05, 4.69) is 36.7 Å². The zero-order valence-corrected chi connectivity index (χ0v) is 16.1. The predicted molar refractivity (Wildman–Crippen MR) is 105 cm³/mol. The largest absolute Gasteiger partial charge is 0.496 e. The minimum absolute atomic E-state index is 0.168. The number of nitrogens with one attached hydrogen (secondary N) is 1. The lowest BCUT2D eigenvalue weighted by atomic mass is 9.94. The summed E-state index contributed by atoms with van der Waals surface area (Å²) in [6.07, 6.45) is 0. The molecule has 0 spiro atoms. The second kappa shape index (κ2) is 7.56. The molecule has 3 rings (SSSR count). The lowest BCUT2D eigenvalue weighted by Crippen LogP contribution is -2.36. The van der Waals surface area contributed by atoms with Gasteiger partial charge in [0.1, 0.15) is 10.8 Å². The molecule has 0 amide bonds. The Morgan fingerprint density at radius 1 is 1.12 bits per heavy atom. The van der Waals surface area contributed by atoms with Gasteiger partial charge in [-0.3, -0.25) is 0 Å². The number of para-hydroxylation sites is 1. The number of nitrogens with zero attached hydrogens (tertiary/aromatic N) is 1. The van der Waals surface area contributed by atoms with Gasteiger partial charge < -0.3 is 10.1 Å². The van der Waals surface area contributed by atoms with Crippen LogP contribution in [-0.4, -0.2) is 12.1 Å². The van der Waals surface area contributed by atoms with Gasteiger partial charge in [-0.1, -0.05) is 35.9 Å². The maximum Gasteiger partial charge on any atom is 0.129 e. The van der Waals surface area contributed by atoms with Crippen LogP contribution in [0.3, 0.4) is 0 Å². The Morgan fingerprint density at radius 3 is 2.56 bits per heavy atom. The highest BCUT2D eigenvalue weighted by atomic mass is 35.5. The summed E-state index contributed by atoms with van der Waals surface area (Å²) in [6, 6.07) is 15.9. The summed E-state index contributed by atoms with van der Waals surface area (Å²) in [6.45, 7) is 5.01. The van der Waals surface area contributed by atoms with E-state index in [1.807, 2.05) is 36.4 Å². The molecule has 0 atom stereocenters. The maximum atomic E-state index is 5.98. The molecule has 0 aliphatic heterocycles. The molecule has 3 nitrogen and oxygen atoms in total. The van der Waals surface area contributed by atoms with Crippen molar-refractivity contribution in [2.75, 3.05) is 7.11 Å². The highest BCUT2D eigenvalue weighted by Gasteiger charge is 2.20. The quantitative estimate of drug-likeness (QED) is 0.620. The molecule has 0 unspecified atom stereocenters. The van der Waals surface area contributed by atoms with E-state index in [9.17, 15) is 0 Å². The molecule has 3 aromatic rings. The van der Waals surface area contributed by atoms with E-state index in [-0.39, 0.29) is 5.54 Å². The number of benzene rings is 2. The van der Waals surface area contributed by atoms with Crippen molar-refractivity contribution in [1.82, 2.24) is 10.3 Å². The van der Waals surface area contributed by atoms with Crippen molar-refractivity contribution in [1.29, 1.82) is 0 Å². The lowest BCUT2D eigenvalue weighted by Gasteiger charge is -2.26. The third-order valence-electron chi connectivity index (χ3n) is 4.17. The smallest absolute Gasteiger partial charge is 0.129 e. The molecule has 0 bridgehead atoms. The van der Waals surface area contributed by atoms with Gasteiger partial charge in [-0.15, -0.1) is 11.3 Å². The van der Waals surface area contributed by atoms with E-state index in [0.29, 0.717) is 6.54 Å². The van der Waals surface area contributed by atoms with E-state index in [1.165, 1.54) is 5.56 Å². The van der Waals surface area contributed by atoms with Crippen LogP contribution in [0.25, 0.3) is 10.6 Å². The Morgan fingerprint density at radius 2 is 1.84 bits per heavy atom. The SMILES string of the molecule is COc1ccccc1-c1nc(CNC(C)(C)c2ccc(Cl)cc2)cs1. The fourth-order valence-electron chi connectivity index (χ4n) is 2.61. The van der Waals surface area contributed by atoms with Crippen molar-refractivity contribution >= 4 is 22.9 Å². The first-order chi connectivity index (χ1) is 12.0. The molecular weight excluding hydrogens is 352 g/mol. The fourth-order valence-corrected chi connectivity index (χ4v) is 3.59. The summed E-state index contributed by atoms with van der Waals surface area (Å²) in [4.78, 5) is 4.75. The van der Waals surface area contributed by atoms with Crippen molar-refractivity contribution < 1.29 is 4.74 Å². The molecule has 0 saturated heterocycles. The molecule has 1 aromatic heterocycles. The van der Waals surface area contributed by atoms with Crippen LogP contribution in [0, 0.1) is 0 Å². The summed E-state index contributed by atoms with van der Waals surface area (Å²) in [5, 5.41) is 7.39. The molecule has 130 valence electrons. The van der Waals surface area contributed by atoms with E-state index in [0.717, 1.165) is 27.0 Å². The number of hydrogen-bond acceptors (Lipinski definition) is 4. The first-order valence-corrected chi connectivity index (χ1v) is 9.34. The lowest BCUT2D eigenvalue weighted by molar-refractivity contribution is 0.399. The van der Waals surface area contributed by atoms with E-state index < -0.39 is 0 Å². The van der Waals surface area contributed by atoms with Gasteiger partial charge in [0, 0.05) is 22.5 Å². The molecule has 2 aromatic carbocycles. The summed E-state index contributed by atoms with van der Waals surface area (Å²) in [5.41, 5.74) is 3.07. The Labute approximate surface area is 157 Å². The van der Waals surface area contributed by atoms with Crippen molar-refractivity contribution in [3.05, 3.63) is 70.2 Å². The zero-order chi connectivity index (χ0) is 17.9. The van der Waals surface area contributed by atoms with Crippen LogP contribution in [0.15, 0.2) is 53.9 Å². The van der Waals surface area contributed by atoms with E-state index >= 15 is 0 Å². The van der Waals surface area contributed by atoms with E-state index in [4.69, 9.17) is 21.3 Å². The van der Waals surface area contributed by atoms with Crippen molar-refractivity contribution in [3.63, 3.8) is 0 Å². The van der Waals surface area contributed by atoms with Gasteiger partial charge in [0.15, 0.2) is 0 Å². The summed E-state index contributed by atoms with van der Waals surface area (Å²) < 4.78 is 5.43. The molecule has 5 heteroatoms. The minimum atomic E-state index is -0.168. The Bertz CT molecular complexity index is 843. The topological polar surface area (TPSA) is 34.1 Å². The minimum Gasteiger partial charge on any atom is -0.496 e. The predicted octanol–water partition coefficient (Wildman–Crippen LogP) is 5.50. The van der Waals surface area contributed by atoms with Crippen molar-refractivity contribution in [3.8, 4) is 16.3 Å². The average Bonchev–Trinajstić information content (AvgIpc) is 3.09. The Kier molecular flexibility index (Phi) is 5.42. The second-order valence-electron chi connectivity index (χ2n) is 6.33. The Balaban J connectivity index is 1.72. The van der Waals surface area contributed by atoms with Gasteiger partial charge in [0.25, 0.3) is 0 Å². The maximum absolute atomic E-state index is 5.98. The molecule has 0 aliphatic rings. The van der Waals surface area contributed by atoms with Crippen LogP contribution < -0.4 is 10.1 Å². The molecule has 1 heterocycles. The van der Waals surface area contributed by atoms with Crippen LogP contribution >= 0.6 is 22.9 Å². The average molecular weight is 373 g/mol. The van der Waals surface area contributed by atoms with Gasteiger partial charge in [-0.2, -0.15) is 0 Å². The standard InChI is InChI=1S/C20H21ClN2OS/c1-20(2,14-8-10-15(21)11-9-14)22-12-16-13-25-19(23-16)17-6-4-5-7-18(17)24-3/h4-11,13,22H,12H2,1-3H3. The van der Waals surface area contributed by atoms with E-state index in [1.54, 1.807) is 18.4 Å². The van der Waals surface area contributed by atoms with Crippen molar-refractivity contribution in [2.45, 2.75) is 25.9 Å². The first kappa shape index (κ1) is 17.9. The number of halogens is 1. The van der Waals surface area contributed by atoms with Crippen LogP contribution in [0.5, 0.6) is 5.75 Å². The molecule has 0 fully saturated rings. The number of aromatic nitrogens is 1. The number of thiazole rings is 1. The number of rotatable bonds is 6. The molecular formula is C20H21ClN2OS. The van der Waals surface area contributed by atoms with Gasteiger partial charge >= 0.3 is 0 Å². The third kappa shape index (κ3) is 4.21. The van der Waals surface area contributed by atoms with Gasteiger partial charge in [0.05, 0.1) is 18.4 Å².